The van der Waals surface area contributed by atoms with Gasteiger partial charge in [-0.1, -0.05) is 18.2 Å². The summed E-state index contributed by atoms with van der Waals surface area (Å²) in [4.78, 5) is 9.16. The fourth-order valence-corrected chi connectivity index (χ4v) is 3.36. The summed E-state index contributed by atoms with van der Waals surface area (Å²) in [6.45, 7) is 9.50. The number of rotatable bonds is 6. The van der Waals surface area contributed by atoms with Crippen molar-refractivity contribution in [3.05, 3.63) is 53.9 Å². The fraction of sp³-hybridized carbons (Fsp3) is 0.450. The molecule has 0 radical (unpaired) electrons. The lowest BCUT2D eigenvalue weighted by atomic mass is 10.1. The van der Waals surface area contributed by atoms with Crippen molar-refractivity contribution in [2.24, 2.45) is 0 Å². The van der Waals surface area contributed by atoms with Gasteiger partial charge >= 0.3 is 0 Å². The Labute approximate surface area is 149 Å². The Morgan fingerprint density at radius 2 is 2.00 bits per heavy atom. The smallest absolute Gasteiger partial charge is 0.138 e. The van der Waals surface area contributed by atoms with Gasteiger partial charge in [-0.15, -0.1) is 0 Å². The molecule has 1 aliphatic heterocycles. The van der Waals surface area contributed by atoms with Crippen LogP contribution < -0.4 is 4.74 Å². The first-order valence-corrected chi connectivity index (χ1v) is 8.97. The largest absolute Gasteiger partial charge is 0.506 e. The molecule has 0 spiro atoms. The second kappa shape index (κ2) is 8.32. The van der Waals surface area contributed by atoms with E-state index < -0.39 is 0 Å². The lowest BCUT2D eigenvalue weighted by Crippen LogP contribution is -2.51. The summed E-state index contributed by atoms with van der Waals surface area (Å²) in [6.07, 6.45) is 1.74. The van der Waals surface area contributed by atoms with Gasteiger partial charge in [-0.05, 0) is 32.0 Å². The minimum absolute atomic E-state index is 0.280. The van der Waals surface area contributed by atoms with Crippen LogP contribution in [0.25, 0.3) is 0 Å². The zero-order valence-corrected chi connectivity index (χ0v) is 15.1. The van der Waals surface area contributed by atoms with Crippen LogP contribution in [-0.2, 0) is 13.1 Å². The van der Waals surface area contributed by atoms with Gasteiger partial charge < -0.3 is 9.84 Å². The summed E-state index contributed by atoms with van der Waals surface area (Å²) in [7, 11) is 0. The molecule has 2 heterocycles. The first-order chi connectivity index (χ1) is 12.2. The van der Waals surface area contributed by atoms with E-state index in [0.717, 1.165) is 37.6 Å². The molecular weight excluding hydrogens is 314 g/mol. The first-order valence-electron chi connectivity index (χ1n) is 8.97. The maximum atomic E-state index is 9.94. The molecule has 0 bridgehead atoms. The lowest BCUT2D eigenvalue weighted by molar-refractivity contribution is 0.0712. The third-order valence-corrected chi connectivity index (χ3v) is 4.73. The van der Waals surface area contributed by atoms with Crippen molar-refractivity contribution in [1.82, 2.24) is 14.8 Å². The van der Waals surface area contributed by atoms with Gasteiger partial charge in [0.25, 0.3) is 0 Å². The molecule has 1 N–H and O–H groups in total. The van der Waals surface area contributed by atoms with Crippen LogP contribution in [0.15, 0.2) is 42.6 Å². The molecule has 5 nitrogen and oxygen atoms in total. The second-order valence-electron chi connectivity index (χ2n) is 6.56. The average Bonchev–Trinajstić information content (AvgIpc) is 2.61. The summed E-state index contributed by atoms with van der Waals surface area (Å²) in [5.41, 5.74) is 2.00. The molecule has 1 atom stereocenters. The topological polar surface area (TPSA) is 48.8 Å². The highest BCUT2D eigenvalue weighted by Gasteiger charge is 2.25. The number of pyridine rings is 1. The Hall–Kier alpha value is -2.11. The predicted molar refractivity (Wildman–Crippen MR) is 98.7 cm³/mol. The standard InChI is InChI=1S/C20H27N3O2/c1-3-25-20-9-5-4-7-17(20)14-22-11-12-23(16(2)13-22)15-18-19(24)8-6-10-21-18/h4-10,16,24H,3,11-15H2,1-2H3. The van der Waals surface area contributed by atoms with Crippen molar-refractivity contribution in [3.8, 4) is 11.5 Å². The Morgan fingerprint density at radius 3 is 2.76 bits per heavy atom. The highest BCUT2D eigenvalue weighted by Crippen LogP contribution is 2.23. The van der Waals surface area contributed by atoms with E-state index in [9.17, 15) is 5.11 Å². The summed E-state index contributed by atoms with van der Waals surface area (Å²) < 4.78 is 5.75. The Balaban J connectivity index is 1.59. The molecule has 1 aliphatic rings. The molecular formula is C20H27N3O2. The summed E-state index contributed by atoms with van der Waals surface area (Å²) in [6, 6.07) is 12.2. The highest BCUT2D eigenvalue weighted by atomic mass is 16.5. The van der Waals surface area contributed by atoms with E-state index in [-0.39, 0.29) is 5.75 Å². The molecule has 1 aromatic heterocycles. The number of piperazine rings is 1. The van der Waals surface area contributed by atoms with Crippen LogP contribution in [0.2, 0.25) is 0 Å². The summed E-state index contributed by atoms with van der Waals surface area (Å²) in [5, 5.41) is 9.94. The first kappa shape index (κ1) is 17.7. The van der Waals surface area contributed by atoms with Gasteiger partial charge in [-0.2, -0.15) is 0 Å². The van der Waals surface area contributed by atoms with Crippen LogP contribution in [0.4, 0.5) is 0 Å². The predicted octanol–water partition coefficient (Wildman–Crippen LogP) is 2.89. The molecule has 1 aromatic carbocycles. The number of hydrogen-bond donors (Lipinski definition) is 1. The van der Waals surface area contributed by atoms with Crippen molar-refractivity contribution in [3.63, 3.8) is 0 Å². The maximum absolute atomic E-state index is 9.94. The minimum atomic E-state index is 0.280. The fourth-order valence-electron chi connectivity index (χ4n) is 3.36. The van der Waals surface area contributed by atoms with E-state index in [2.05, 4.69) is 33.8 Å². The van der Waals surface area contributed by atoms with Crippen LogP contribution >= 0.6 is 0 Å². The Kier molecular flexibility index (Phi) is 5.89. The van der Waals surface area contributed by atoms with Crippen molar-refractivity contribution < 1.29 is 9.84 Å². The van der Waals surface area contributed by atoms with Crippen LogP contribution in [0.3, 0.4) is 0 Å². The molecule has 1 unspecified atom stereocenters. The molecule has 0 saturated carbocycles. The van der Waals surface area contributed by atoms with Gasteiger partial charge in [-0.25, -0.2) is 0 Å². The van der Waals surface area contributed by atoms with E-state index in [1.165, 1.54) is 5.56 Å². The van der Waals surface area contributed by atoms with Crippen molar-refractivity contribution in [2.75, 3.05) is 26.2 Å². The molecule has 25 heavy (non-hydrogen) atoms. The van der Waals surface area contributed by atoms with Crippen molar-refractivity contribution >= 4 is 0 Å². The van der Waals surface area contributed by atoms with Crippen LogP contribution in [0, 0.1) is 0 Å². The number of benzene rings is 1. The summed E-state index contributed by atoms with van der Waals surface area (Å²) >= 11 is 0. The zero-order valence-electron chi connectivity index (χ0n) is 15.1. The normalized spacial score (nSPS) is 19.0. The highest BCUT2D eigenvalue weighted by molar-refractivity contribution is 5.33. The van der Waals surface area contributed by atoms with Gasteiger partial charge in [0.1, 0.15) is 11.5 Å². The van der Waals surface area contributed by atoms with E-state index in [1.54, 1.807) is 18.3 Å². The SMILES string of the molecule is CCOc1ccccc1CN1CCN(Cc2ncccc2O)C(C)C1. The van der Waals surface area contributed by atoms with Gasteiger partial charge in [0, 0.05) is 50.5 Å². The third-order valence-electron chi connectivity index (χ3n) is 4.73. The lowest BCUT2D eigenvalue weighted by Gasteiger charge is -2.40. The van der Waals surface area contributed by atoms with Crippen molar-refractivity contribution in [2.45, 2.75) is 33.0 Å². The average molecular weight is 341 g/mol. The molecule has 1 saturated heterocycles. The molecule has 2 aromatic rings. The van der Waals surface area contributed by atoms with E-state index in [0.29, 0.717) is 19.2 Å². The van der Waals surface area contributed by atoms with Crippen LogP contribution in [-0.4, -0.2) is 52.2 Å². The van der Waals surface area contributed by atoms with Crippen molar-refractivity contribution in [1.29, 1.82) is 0 Å². The molecule has 0 amide bonds. The Bertz CT molecular complexity index is 692. The molecule has 1 fully saturated rings. The number of aromatic hydroxyl groups is 1. The van der Waals surface area contributed by atoms with Crippen LogP contribution in [0.1, 0.15) is 25.1 Å². The molecule has 134 valence electrons. The van der Waals surface area contributed by atoms with E-state index >= 15 is 0 Å². The number of nitrogens with zero attached hydrogens (tertiary/aromatic N) is 3. The summed E-state index contributed by atoms with van der Waals surface area (Å²) in [5.74, 6) is 1.27. The minimum Gasteiger partial charge on any atom is -0.506 e. The monoisotopic (exact) mass is 341 g/mol. The van der Waals surface area contributed by atoms with Crippen LogP contribution in [0.5, 0.6) is 11.5 Å². The zero-order chi connectivity index (χ0) is 17.6. The molecule has 3 rings (SSSR count). The third kappa shape index (κ3) is 4.50. The number of ether oxygens (including phenoxy) is 1. The van der Waals surface area contributed by atoms with Gasteiger partial charge in [0.05, 0.1) is 12.3 Å². The Morgan fingerprint density at radius 1 is 1.16 bits per heavy atom. The molecule has 0 aliphatic carbocycles. The van der Waals surface area contributed by atoms with Gasteiger partial charge in [-0.3, -0.25) is 14.8 Å². The van der Waals surface area contributed by atoms with E-state index in [1.807, 2.05) is 19.1 Å². The van der Waals surface area contributed by atoms with Gasteiger partial charge in [0.2, 0.25) is 0 Å². The number of hydrogen-bond acceptors (Lipinski definition) is 5. The van der Waals surface area contributed by atoms with Gasteiger partial charge in [0.15, 0.2) is 0 Å². The van der Waals surface area contributed by atoms with E-state index in [4.69, 9.17) is 4.74 Å². The second-order valence-corrected chi connectivity index (χ2v) is 6.56. The number of para-hydroxylation sites is 1. The quantitative estimate of drug-likeness (QED) is 0.875. The molecule has 5 heteroatoms. The number of aromatic nitrogens is 1. The maximum Gasteiger partial charge on any atom is 0.138 e.